The van der Waals surface area contributed by atoms with E-state index >= 15 is 0 Å². The fourth-order valence-corrected chi connectivity index (χ4v) is 13.5. The molecule has 0 bridgehead atoms. The van der Waals surface area contributed by atoms with Crippen LogP contribution in [0.3, 0.4) is 0 Å². The summed E-state index contributed by atoms with van der Waals surface area (Å²) in [5, 5.41) is 4.12. The minimum Gasteiger partial charge on any atom is -0.377 e. The summed E-state index contributed by atoms with van der Waals surface area (Å²) in [7, 11) is -0.634. The van der Waals surface area contributed by atoms with Crippen LogP contribution in [0.5, 0.6) is 0 Å². The summed E-state index contributed by atoms with van der Waals surface area (Å²) >= 11 is 0. The molecule has 0 aromatic heterocycles. The van der Waals surface area contributed by atoms with Gasteiger partial charge in [0.05, 0.1) is 0 Å². The number of nitrogens with zero attached hydrogens (tertiary/aromatic N) is 1. The van der Waals surface area contributed by atoms with Gasteiger partial charge in [-0.1, -0.05) is 39.5 Å². The van der Waals surface area contributed by atoms with Crippen LogP contribution in [0.25, 0.3) is 0 Å². The molecular formula is C25H60N2O6Si3. The van der Waals surface area contributed by atoms with Crippen LogP contribution in [0, 0.1) is 0 Å². The van der Waals surface area contributed by atoms with Crippen molar-refractivity contribution in [2.45, 2.75) is 90.8 Å². The molecule has 0 saturated carbocycles. The molecule has 0 aromatic rings. The highest BCUT2D eigenvalue weighted by Gasteiger charge is 2.48. The van der Waals surface area contributed by atoms with E-state index in [1.54, 1.807) is 21.3 Å². The number of rotatable bonds is 27. The van der Waals surface area contributed by atoms with E-state index in [9.17, 15) is 0 Å². The topological polar surface area (TPSA) is 70.7 Å². The minimum absolute atomic E-state index is 0.450. The van der Waals surface area contributed by atoms with Gasteiger partial charge >= 0.3 is 17.6 Å². The van der Waals surface area contributed by atoms with Crippen molar-refractivity contribution in [1.82, 2.24) is 10.2 Å². The third kappa shape index (κ3) is 14.5. The van der Waals surface area contributed by atoms with Crippen molar-refractivity contribution in [3.8, 4) is 0 Å². The highest BCUT2D eigenvalue weighted by atomic mass is 28.4. The molecule has 0 aromatic carbocycles. The second-order valence-electron chi connectivity index (χ2n) is 9.12. The number of unbranched alkanes of at least 4 members (excludes halogenated alkanes) is 4. The van der Waals surface area contributed by atoms with Crippen LogP contribution < -0.4 is 5.32 Å². The molecule has 0 aliphatic carbocycles. The van der Waals surface area contributed by atoms with Gasteiger partial charge in [-0.3, -0.25) is 0 Å². The van der Waals surface area contributed by atoms with Gasteiger partial charge < -0.3 is 36.8 Å². The Kier molecular flexibility index (Phi) is 23.5. The lowest BCUT2D eigenvalue weighted by Crippen LogP contribution is -2.53. The monoisotopic (exact) mass is 568 g/mol. The number of hydrogen-bond donors (Lipinski definition) is 1. The summed E-state index contributed by atoms with van der Waals surface area (Å²) in [4.78, 5) is 2.52. The zero-order valence-electron chi connectivity index (χ0n) is 25.0. The first kappa shape index (κ1) is 36.3. The van der Waals surface area contributed by atoms with Crippen LogP contribution in [0.15, 0.2) is 0 Å². The lowest BCUT2D eigenvalue weighted by Gasteiger charge is -2.35. The Bertz CT molecular complexity index is 463. The lowest BCUT2D eigenvalue weighted by molar-refractivity contribution is 0.0667. The van der Waals surface area contributed by atoms with E-state index in [4.69, 9.17) is 26.6 Å². The van der Waals surface area contributed by atoms with Gasteiger partial charge in [0.1, 0.15) is 0 Å². The molecule has 1 N–H and O–H groups in total. The Morgan fingerprint density at radius 3 is 1.75 bits per heavy atom. The molecule has 0 aliphatic heterocycles. The third-order valence-corrected chi connectivity index (χ3v) is 17.2. The Labute approximate surface area is 228 Å². The first-order valence-corrected chi connectivity index (χ1v) is 20.0. The summed E-state index contributed by atoms with van der Waals surface area (Å²) in [6, 6.07) is 0.818. The van der Waals surface area contributed by atoms with Crippen LogP contribution in [-0.2, 0) is 26.6 Å². The maximum Gasteiger partial charge on any atom is 0.500 e. The van der Waals surface area contributed by atoms with Gasteiger partial charge in [0.2, 0.25) is 0 Å². The van der Waals surface area contributed by atoms with Crippen LogP contribution in [0.1, 0.15) is 79.6 Å². The van der Waals surface area contributed by atoms with E-state index in [1.165, 1.54) is 38.6 Å². The van der Waals surface area contributed by atoms with Gasteiger partial charge in [0.15, 0.2) is 0 Å². The normalized spacial score (nSPS) is 13.9. The standard InChI is InChI=1S/C25H60N2O6Si3/c1-9-27(10-2)22-18-16-14-15-17-20-25(36(31-11-3,32-12-4)33-13-5)34-24-26-21-19-23-35(28-6,29-7)30-8/h25-26H,9-24,34H2,1-8H3. The largest absolute Gasteiger partial charge is 0.500 e. The molecule has 0 aliphatic rings. The third-order valence-electron chi connectivity index (χ3n) is 6.90. The predicted molar refractivity (Wildman–Crippen MR) is 157 cm³/mol. The summed E-state index contributed by atoms with van der Waals surface area (Å²) < 4.78 is 35.6. The molecule has 11 heteroatoms. The minimum atomic E-state index is -2.68. The van der Waals surface area contributed by atoms with Gasteiger partial charge in [0, 0.05) is 61.9 Å². The van der Waals surface area contributed by atoms with E-state index in [0.717, 1.165) is 44.7 Å². The molecule has 218 valence electrons. The Morgan fingerprint density at radius 2 is 1.25 bits per heavy atom. The van der Waals surface area contributed by atoms with Crippen molar-refractivity contribution in [3.63, 3.8) is 0 Å². The van der Waals surface area contributed by atoms with E-state index in [1.807, 2.05) is 0 Å². The highest BCUT2D eigenvalue weighted by molar-refractivity contribution is 6.74. The molecule has 0 heterocycles. The summed E-state index contributed by atoms with van der Waals surface area (Å²) in [5.74, 6) is 0. The van der Waals surface area contributed by atoms with Crippen LogP contribution in [0.2, 0.25) is 11.2 Å². The van der Waals surface area contributed by atoms with Crippen molar-refractivity contribution < 1.29 is 26.6 Å². The average molecular weight is 569 g/mol. The molecule has 0 fully saturated rings. The summed E-state index contributed by atoms with van der Waals surface area (Å²) in [6.45, 7) is 17.1. The molecule has 0 radical (unpaired) electrons. The lowest BCUT2D eigenvalue weighted by atomic mass is 10.1. The van der Waals surface area contributed by atoms with Gasteiger partial charge in [-0.15, -0.1) is 0 Å². The van der Waals surface area contributed by atoms with E-state index in [2.05, 4.69) is 44.8 Å². The van der Waals surface area contributed by atoms with Crippen LogP contribution in [-0.4, -0.2) is 106 Å². The van der Waals surface area contributed by atoms with E-state index in [-0.39, 0.29) is 0 Å². The number of hydrogen-bond acceptors (Lipinski definition) is 8. The van der Waals surface area contributed by atoms with Crippen molar-refractivity contribution in [3.05, 3.63) is 0 Å². The quantitative estimate of drug-likeness (QED) is 0.118. The second kappa shape index (κ2) is 23.2. The fraction of sp³-hybridized carbons (Fsp3) is 1.00. The van der Waals surface area contributed by atoms with Gasteiger partial charge in [-0.2, -0.15) is 0 Å². The first-order chi connectivity index (χ1) is 17.5. The predicted octanol–water partition coefficient (Wildman–Crippen LogP) is 4.03. The molecule has 8 nitrogen and oxygen atoms in total. The Balaban J connectivity index is 4.79. The zero-order chi connectivity index (χ0) is 27.1. The molecule has 0 spiro atoms. The smallest absolute Gasteiger partial charge is 0.377 e. The van der Waals surface area contributed by atoms with E-state index in [0.29, 0.717) is 25.0 Å². The Hall–Kier alpha value is 0.331. The molecule has 1 unspecified atom stereocenters. The maximum absolute atomic E-state index is 6.34. The molecular weight excluding hydrogens is 509 g/mol. The van der Waals surface area contributed by atoms with E-state index < -0.39 is 27.1 Å². The molecule has 0 saturated heterocycles. The number of nitrogens with one attached hydrogen (secondary N) is 1. The van der Waals surface area contributed by atoms with Gasteiger partial charge in [-0.25, -0.2) is 0 Å². The Morgan fingerprint density at radius 1 is 0.722 bits per heavy atom. The van der Waals surface area contributed by atoms with Crippen LogP contribution >= 0.6 is 0 Å². The molecule has 1 atom stereocenters. The van der Waals surface area contributed by atoms with Gasteiger partial charge in [-0.05, 0) is 72.4 Å². The molecule has 0 amide bonds. The zero-order valence-corrected chi connectivity index (χ0v) is 28.4. The fourth-order valence-electron chi connectivity index (χ4n) is 4.76. The first-order valence-electron chi connectivity index (χ1n) is 14.5. The summed E-state index contributed by atoms with van der Waals surface area (Å²) in [6.07, 6.45) is 9.63. The summed E-state index contributed by atoms with van der Waals surface area (Å²) in [5.41, 5.74) is 0. The molecule has 0 rings (SSSR count). The average Bonchev–Trinajstić information content (AvgIpc) is 2.89. The van der Waals surface area contributed by atoms with Crippen molar-refractivity contribution >= 4 is 27.1 Å². The van der Waals surface area contributed by atoms with Crippen molar-refractivity contribution in [2.24, 2.45) is 0 Å². The SMILES string of the molecule is CCO[Si](OCC)(OCC)C(CCCCCCCN(CC)CC)[SiH2]CNCCC[Si](OC)(OC)OC. The second-order valence-corrected chi connectivity index (χ2v) is 18.0. The highest BCUT2D eigenvalue weighted by Crippen LogP contribution is 2.30. The molecule has 36 heavy (non-hydrogen) atoms. The maximum atomic E-state index is 6.34. The van der Waals surface area contributed by atoms with Crippen molar-refractivity contribution in [1.29, 1.82) is 0 Å². The van der Waals surface area contributed by atoms with Crippen LogP contribution in [0.4, 0.5) is 0 Å². The van der Waals surface area contributed by atoms with Crippen molar-refractivity contribution in [2.75, 3.05) is 73.5 Å². The van der Waals surface area contributed by atoms with Gasteiger partial charge in [0.25, 0.3) is 0 Å².